The Balaban J connectivity index is 2.48. The van der Waals surface area contributed by atoms with Gasteiger partial charge < -0.3 is 19.1 Å². The molecule has 1 N–H and O–H groups in total. The van der Waals surface area contributed by atoms with E-state index in [-0.39, 0.29) is 19.3 Å². The zero-order valence-corrected chi connectivity index (χ0v) is 11.9. The van der Waals surface area contributed by atoms with Crippen molar-refractivity contribution in [1.29, 1.82) is 0 Å². The molecule has 0 aromatic rings. The molecule has 0 unspecified atom stereocenters. The van der Waals surface area contributed by atoms with Crippen molar-refractivity contribution in [2.24, 2.45) is 0 Å². The first-order valence-corrected chi connectivity index (χ1v) is 6.90. The van der Waals surface area contributed by atoms with Crippen LogP contribution in [-0.4, -0.2) is 36.7 Å². The summed E-state index contributed by atoms with van der Waals surface area (Å²) in [6.45, 7) is 3.74. The molecule has 1 rings (SSSR count). The molecule has 8 heteroatoms. The van der Waals surface area contributed by atoms with Crippen LogP contribution in [0.2, 0.25) is 0 Å². The van der Waals surface area contributed by atoms with E-state index in [0.717, 1.165) is 37.3 Å². The third-order valence-corrected chi connectivity index (χ3v) is 2.82. The molecule has 0 saturated heterocycles. The summed E-state index contributed by atoms with van der Waals surface area (Å²) in [6, 6.07) is -0.0671. The van der Waals surface area contributed by atoms with Gasteiger partial charge >= 0.3 is 12.3 Å². The van der Waals surface area contributed by atoms with Gasteiger partial charge in [0.1, 0.15) is 0 Å². The number of ether oxygens (including phenoxy) is 2. The topological polar surface area (TPSA) is 86.3 Å². The number of carbonyl (C=O) groups excluding carboxylic acids is 2. The molecule has 0 aliphatic heterocycles. The molecular formula is C12H22N2O6. The summed E-state index contributed by atoms with van der Waals surface area (Å²) in [6.07, 6.45) is 3.11. The van der Waals surface area contributed by atoms with Crippen LogP contribution >= 0.6 is 0 Å². The fraction of sp³-hybridized carbons (Fsp3) is 0.833. The van der Waals surface area contributed by atoms with Crippen LogP contribution in [0.5, 0.6) is 0 Å². The largest absolute Gasteiger partial charge is 0.529 e. The monoisotopic (exact) mass is 290 g/mol. The van der Waals surface area contributed by atoms with Gasteiger partial charge in [-0.2, -0.15) is 0 Å². The summed E-state index contributed by atoms with van der Waals surface area (Å²) in [5.41, 5.74) is 2.30. The second-order valence-corrected chi connectivity index (χ2v) is 4.27. The van der Waals surface area contributed by atoms with Crippen molar-refractivity contribution >= 4 is 12.3 Å². The molecule has 0 aromatic carbocycles. The van der Waals surface area contributed by atoms with Crippen molar-refractivity contribution < 1.29 is 28.7 Å². The quantitative estimate of drug-likeness (QED) is 0.589. The number of hydrogen-bond donors (Lipinski definition) is 1. The minimum Gasteiger partial charge on any atom is -0.433 e. The number of rotatable bonds is 6. The Morgan fingerprint density at radius 1 is 1.05 bits per heavy atom. The minimum absolute atomic E-state index is 0.0671. The smallest absolute Gasteiger partial charge is 0.433 e. The van der Waals surface area contributed by atoms with E-state index in [0.29, 0.717) is 0 Å². The number of hydroxylamine groups is 1. The van der Waals surface area contributed by atoms with Gasteiger partial charge in [0.05, 0.1) is 19.3 Å². The minimum atomic E-state index is -0.888. The van der Waals surface area contributed by atoms with Gasteiger partial charge in [0.25, 0.3) is 0 Å². The predicted octanol–water partition coefficient (Wildman–Crippen LogP) is 2.30. The zero-order chi connectivity index (χ0) is 14.8. The number of nitrogens with one attached hydrogen (secondary N) is 1. The lowest BCUT2D eigenvalue weighted by molar-refractivity contribution is -0.257. The molecule has 1 aliphatic rings. The third kappa shape index (κ3) is 6.07. The lowest BCUT2D eigenvalue weighted by atomic mass is 9.96. The van der Waals surface area contributed by atoms with Crippen LogP contribution in [0.1, 0.15) is 46.0 Å². The fourth-order valence-electron chi connectivity index (χ4n) is 1.94. The highest BCUT2D eigenvalue weighted by Gasteiger charge is 2.26. The lowest BCUT2D eigenvalue weighted by Gasteiger charge is -2.30. The Morgan fingerprint density at radius 2 is 1.65 bits per heavy atom. The standard InChI is InChI=1S/C12H22N2O6/c1-3-17-11(15)19-13-14(20-12(16)18-4-2)10-8-6-5-7-9-10/h10,13H,3-9H2,1-2H3. The van der Waals surface area contributed by atoms with Gasteiger partial charge in [0.15, 0.2) is 0 Å². The number of hydrogen-bond acceptors (Lipinski definition) is 8. The Bertz CT molecular complexity index is 306. The van der Waals surface area contributed by atoms with E-state index in [1.165, 1.54) is 0 Å². The lowest BCUT2D eigenvalue weighted by Crippen LogP contribution is -2.48. The molecule has 0 amide bonds. The van der Waals surface area contributed by atoms with Crippen molar-refractivity contribution in [2.45, 2.75) is 52.0 Å². The highest BCUT2D eigenvalue weighted by molar-refractivity contribution is 5.60. The molecule has 1 aliphatic carbocycles. The molecular weight excluding hydrogens is 268 g/mol. The maximum absolute atomic E-state index is 11.4. The number of nitrogens with zero attached hydrogens (tertiary/aromatic N) is 1. The van der Waals surface area contributed by atoms with Crippen molar-refractivity contribution in [3.63, 3.8) is 0 Å². The summed E-state index contributed by atoms with van der Waals surface area (Å²) >= 11 is 0. The molecule has 0 spiro atoms. The summed E-state index contributed by atoms with van der Waals surface area (Å²) in [4.78, 5) is 32.2. The van der Waals surface area contributed by atoms with E-state index in [1.807, 2.05) is 0 Å². The first kappa shape index (κ1) is 16.5. The summed E-state index contributed by atoms with van der Waals surface area (Å²) in [7, 11) is 0. The van der Waals surface area contributed by atoms with Gasteiger partial charge in [-0.05, 0) is 37.5 Å². The fourth-order valence-corrected chi connectivity index (χ4v) is 1.94. The highest BCUT2D eigenvalue weighted by atomic mass is 16.9. The maximum Gasteiger partial charge on any atom is 0.529 e. The van der Waals surface area contributed by atoms with E-state index in [1.54, 1.807) is 13.8 Å². The van der Waals surface area contributed by atoms with E-state index in [4.69, 9.17) is 9.57 Å². The van der Waals surface area contributed by atoms with Crippen molar-refractivity contribution in [3.8, 4) is 0 Å². The molecule has 1 fully saturated rings. The molecule has 0 heterocycles. The van der Waals surface area contributed by atoms with Gasteiger partial charge in [-0.1, -0.05) is 19.3 Å². The molecule has 20 heavy (non-hydrogen) atoms. The van der Waals surface area contributed by atoms with Crippen LogP contribution in [0.4, 0.5) is 9.59 Å². The molecule has 0 atom stereocenters. The normalized spacial score (nSPS) is 15.8. The van der Waals surface area contributed by atoms with Crippen LogP contribution in [0.25, 0.3) is 0 Å². The molecule has 116 valence electrons. The predicted molar refractivity (Wildman–Crippen MR) is 68.1 cm³/mol. The van der Waals surface area contributed by atoms with Crippen LogP contribution in [0, 0.1) is 0 Å². The van der Waals surface area contributed by atoms with E-state index < -0.39 is 12.3 Å². The van der Waals surface area contributed by atoms with Crippen LogP contribution < -0.4 is 5.59 Å². The first-order chi connectivity index (χ1) is 9.67. The zero-order valence-electron chi connectivity index (χ0n) is 11.9. The molecule has 8 nitrogen and oxygen atoms in total. The average molecular weight is 290 g/mol. The molecule has 0 bridgehead atoms. The van der Waals surface area contributed by atoms with E-state index in [2.05, 4.69) is 15.2 Å². The Morgan fingerprint density at radius 3 is 2.25 bits per heavy atom. The number of hydrazine groups is 1. The van der Waals surface area contributed by atoms with Crippen LogP contribution in [-0.2, 0) is 19.1 Å². The third-order valence-electron chi connectivity index (χ3n) is 2.82. The SMILES string of the molecule is CCOC(=O)ONN(OC(=O)OCC)C1CCCCC1. The van der Waals surface area contributed by atoms with Crippen molar-refractivity contribution in [3.05, 3.63) is 0 Å². The van der Waals surface area contributed by atoms with Crippen molar-refractivity contribution in [2.75, 3.05) is 13.2 Å². The molecule has 0 aromatic heterocycles. The average Bonchev–Trinajstić information content (AvgIpc) is 2.45. The van der Waals surface area contributed by atoms with Gasteiger partial charge in [0, 0.05) is 0 Å². The van der Waals surface area contributed by atoms with Crippen molar-refractivity contribution in [1.82, 2.24) is 10.8 Å². The van der Waals surface area contributed by atoms with Gasteiger partial charge in [0.2, 0.25) is 0 Å². The summed E-state index contributed by atoms with van der Waals surface area (Å²) < 4.78 is 9.31. The summed E-state index contributed by atoms with van der Waals surface area (Å²) in [5.74, 6) is 0. The van der Waals surface area contributed by atoms with Gasteiger partial charge in [-0.3, -0.25) is 0 Å². The molecule has 1 saturated carbocycles. The van der Waals surface area contributed by atoms with Gasteiger partial charge in [-0.25, -0.2) is 9.59 Å². The molecule has 0 radical (unpaired) electrons. The Kier molecular flexibility index (Phi) is 7.74. The van der Waals surface area contributed by atoms with E-state index >= 15 is 0 Å². The highest BCUT2D eigenvalue weighted by Crippen LogP contribution is 2.21. The second kappa shape index (κ2) is 9.38. The Labute approximate surface area is 118 Å². The van der Waals surface area contributed by atoms with Crippen LogP contribution in [0.3, 0.4) is 0 Å². The second-order valence-electron chi connectivity index (χ2n) is 4.27. The van der Waals surface area contributed by atoms with Crippen LogP contribution in [0.15, 0.2) is 0 Å². The van der Waals surface area contributed by atoms with Gasteiger partial charge in [-0.15, -0.1) is 0 Å². The Hall–Kier alpha value is -1.54. The maximum atomic E-state index is 11.4. The van der Waals surface area contributed by atoms with E-state index in [9.17, 15) is 9.59 Å². The number of carbonyl (C=O) groups is 2. The summed E-state index contributed by atoms with van der Waals surface area (Å²) in [5, 5.41) is 1.12. The first-order valence-electron chi connectivity index (χ1n) is 6.90.